The number of hydrogen-bond donors (Lipinski definition) is 1. The lowest BCUT2D eigenvalue weighted by atomic mass is 10.2. The number of aliphatic hydroxyl groups excluding tert-OH is 1. The summed E-state index contributed by atoms with van der Waals surface area (Å²) in [5.41, 5.74) is 0.933. The van der Waals surface area contributed by atoms with E-state index in [1.165, 1.54) is 12.8 Å². The van der Waals surface area contributed by atoms with E-state index in [0.29, 0.717) is 6.04 Å². The number of aromatic nitrogens is 4. The first-order valence-corrected chi connectivity index (χ1v) is 6.95. The number of aliphatic hydroxyl groups is 1. The summed E-state index contributed by atoms with van der Waals surface area (Å²) in [6.45, 7) is 0.0882. The molecule has 1 heterocycles. The molecule has 1 aliphatic rings. The molecule has 5 nitrogen and oxygen atoms in total. The summed E-state index contributed by atoms with van der Waals surface area (Å²) in [4.78, 5) is 1.16. The van der Waals surface area contributed by atoms with Gasteiger partial charge in [-0.1, -0.05) is 12.1 Å². The molecular weight excluding hydrogens is 248 g/mol. The molecule has 0 unspecified atom stereocenters. The number of rotatable bonds is 5. The zero-order chi connectivity index (χ0) is 12.4. The Morgan fingerprint density at radius 1 is 1.28 bits per heavy atom. The largest absolute Gasteiger partial charge is 0.392 e. The monoisotopic (exact) mass is 262 g/mol. The summed E-state index contributed by atoms with van der Waals surface area (Å²) in [5, 5.41) is 20.8. The molecule has 0 atom stereocenters. The lowest BCUT2D eigenvalue weighted by molar-refractivity contribution is 0.282. The van der Waals surface area contributed by atoms with E-state index in [1.807, 2.05) is 28.9 Å². The zero-order valence-corrected chi connectivity index (χ0v) is 10.7. The molecule has 1 N–H and O–H groups in total. The quantitative estimate of drug-likeness (QED) is 0.832. The molecule has 1 aliphatic carbocycles. The van der Waals surface area contributed by atoms with Crippen molar-refractivity contribution in [3.05, 3.63) is 35.7 Å². The maximum atomic E-state index is 8.98. The summed E-state index contributed by atoms with van der Waals surface area (Å²) in [7, 11) is 0. The van der Waals surface area contributed by atoms with Gasteiger partial charge in [0.2, 0.25) is 0 Å². The number of benzene rings is 1. The van der Waals surface area contributed by atoms with Crippen molar-refractivity contribution >= 4 is 11.8 Å². The highest BCUT2D eigenvalue weighted by Crippen LogP contribution is 2.35. The summed E-state index contributed by atoms with van der Waals surface area (Å²) in [5.74, 6) is 1.72. The second-order valence-electron chi connectivity index (χ2n) is 4.36. The molecular formula is C12H14N4OS. The first-order chi connectivity index (χ1) is 8.86. The van der Waals surface area contributed by atoms with Gasteiger partial charge in [-0.15, -0.1) is 16.9 Å². The maximum Gasteiger partial charge on any atom is 0.161 e. The minimum Gasteiger partial charge on any atom is -0.392 e. The third-order valence-corrected chi connectivity index (χ3v) is 3.94. The van der Waals surface area contributed by atoms with Crippen LogP contribution in [-0.4, -0.2) is 25.3 Å². The van der Waals surface area contributed by atoms with Gasteiger partial charge in [0, 0.05) is 4.90 Å². The molecule has 1 aromatic heterocycles. The van der Waals surface area contributed by atoms with Gasteiger partial charge in [-0.3, -0.25) is 0 Å². The Kier molecular flexibility index (Phi) is 3.29. The van der Waals surface area contributed by atoms with E-state index in [1.54, 1.807) is 11.8 Å². The topological polar surface area (TPSA) is 63.8 Å². The Balaban J connectivity index is 1.64. The van der Waals surface area contributed by atoms with Crippen LogP contribution in [0.2, 0.25) is 0 Å². The van der Waals surface area contributed by atoms with E-state index in [4.69, 9.17) is 5.11 Å². The van der Waals surface area contributed by atoms with Gasteiger partial charge in [-0.05, 0) is 41.0 Å². The van der Waals surface area contributed by atoms with Crippen LogP contribution in [0.1, 0.15) is 30.3 Å². The lowest BCUT2D eigenvalue weighted by Crippen LogP contribution is -2.02. The maximum absolute atomic E-state index is 8.98. The lowest BCUT2D eigenvalue weighted by Gasteiger charge is -2.03. The number of hydrogen-bond acceptors (Lipinski definition) is 5. The predicted octanol–water partition coefficient (Wildman–Crippen LogP) is 1.79. The number of nitrogens with zero attached hydrogens (tertiary/aromatic N) is 4. The van der Waals surface area contributed by atoms with E-state index in [2.05, 4.69) is 15.5 Å². The first kappa shape index (κ1) is 11.7. The van der Waals surface area contributed by atoms with Crippen molar-refractivity contribution < 1.29 is 5.11 Å². The molecule has 0 spiro atoms. The molecule has 2 aromatic rings. The van der Waals surface area contributed by atoms with Crippen LogP contribution in [0, 0.1) is 0 Å². The van der Waals surface area contributed by atoms with Crippen molar-refractivity contribution in [1.29, 1.82) is 0 Å². The highest BCUT2D eigenvalue weighted by atomic mass is 32.2. The minimum absolute atomic E-state index is 0.0882. The highest BCUT2D eigenvalue weighted by Gasteiger charge is 2.27. The Morgan fingerprint density at radius 2 is 2.06 bits per heavy atom. The Bertz CT molecular complexity index is 521. The Labute approximate surface area is 109 Å². The predicted molar refractivity (Wildman–Crippen MR) is 68.0 cm³/mol. The summed E-state index contributed by atoms with van der Waals surface area (Å²) in [6.07, 6.45) is 2.38. The van der Waals surface area contributed by atoms with Crippen molar-refractivity contribution in [3.63, 3.8) is 0 Å². The van der Waals surface area contributed by atoms with Crippen LogP contribution in [-0.2, 0) is 12.4 Å². The van der Waals surface area contributed by atoms with Crippen LogP contribution < -0.4 is 0 Å². The molecule has 0 aliphatic heterocycles. The van der Waals surface area contributed by atoms with Crippen LogP contribution in [0.4, 0.5) is 0 Å². The molecule has 1 saturated carbocycles. The Hall–Kier alpha value is -1.40. The van der Waals surface area contributed by atoms with Crippen molar-refractivity contribution in [2.24, 2.45) is 0 Å². The molecule has 18 heavy (non-hydrogen) atoms. The smallest absolute Gasteiger partial charge is 0.161 e. The van der Waals surface area contributed by atoms with Crippen LogP contribution in [0.25, 0.3) is 0 Å². The van der Waals surface area contributed by atoms with Crippen molar-refractivity contribution in [3.8, 4) is 0 Å². The average Bonchev–Trinajstić information content (AvgIpc) is 3.16. The summed E-state index contributed by atoms with van der Waals surface area (Å²) in [6, 6.07) is 8.42. The zero-order valence-electron chi connectivity index (χ0n) is 9.86. The standard InChI is InChI=1S/C12H14N4OS/c17-7-9-1-5-11(6-2-9)18-8-12-13-14-15-16(12)10-3-4-10/h1-2,5-6,10,17H,3-4,7-8H2. The van der Waals surface area contributed by atoms with Gasteiger partial charge < -0.3 is 5.11 Å². The highest BCUT2D eigenvalue weighted by molar-refractivity contribution is 7.98. The van der Waals surface area contributed by atoms with E-state index >= 15 is 0 Å². The number of tetrazole rings is 1. The van der Waals surface area contributed by atoms with E-state index < -0.39 is 0 Å². The van der Waals surface area contributed by atoms with Gasteiger partial charge in [0.15, 0.2) is 5.82 Å². The van der Waals surface area contributed by atoms with E-state index in [0.717, 1.165) is 22.0 Å². The van der Waals surface area contributed by atoms with Crippen LogP contribution in [0.3, 0.4) is 0 Å². The van der Waals surface area contributed by atoms with E-state index in [-0.39, 0.29) is 6.61 Å². The van der Waals surface area contributed by atoms with Crippen molar-refractivity contribution in [2.45, 2.75) is 36.1 Å². The van der Waals surface area contributed by atoms with Gasteiger partial charge in [0.1, 0.15) is 0 Å². The fraction of sp³-hybridized carbons (Fsp3) is 0.417. The minimum atomic E-state index is 0.0882. The van der Waals surface area contributed by atoms with Crippen LogP contribution in [0.15, 0.2) is 29.2 Å². The van der Waals surface area contributed by atoms with Crippen molar-refractivity contribution in [2.75, 3.05) is 0 Å². The van der Waals surface area contributed by atoms with Gasteiger partial charge >= 0.3 is 0 Å². The molecule has 3 rings (SSSR count). The molecule has 0 bridgehead atoms. The van der Waals surface area contributed by atoms with Gasteiger partial charge in [0.25, 0.3) is 0 Å². The second-order valence-corrected chi connectivity index (χ2v) is 5.41. The SMILES string of the molecule is OCc1ccc(SCc2nnnn2C2CC2)cc1. The van der Waals surface area contributed by atoms with Crippen LogP contribution >= 0.6 is 11.8 Å². The third-order valence-electron chi connectivity index (χ3n) is 2.93. The average molecular weight is 262 g/mol. The summed E-state index contributed by atoms with van der Waals surface area (Å²) < 4.78 is 1.94. The van der Waals surface area contributed by atoms with Crippen LogP contribution in [0.5, 0.6) is 0 Å². The molecule has 1 aromatic carbocycles. The van der Waals surface area contributed by atoms with E-state index in [9.17, 15) is 0 Å². The molecule has 94 valence electrons. The molecule has 0 saturated heterocycles. The molecule has 1 fully saturated rings. The third kappa shape index (κ3) is 2.54. The molecule has 6 heteroatoms. The number of thioether (sulfide) groups is 1. The van der Waals surface area contributed by atoms with Gasteiger partial charge in [-0.25, -0.2) is 4.68 Å². The first-order valence-electron chi connectivity index (χ1n) is 5.96. The normalized spacial score (nSPS) is 14.9. The molecule has 0 amide bonds. The second kappa shape index (κ2) is 5.07. The fourth-order valence-electron chi connectivity index (χ4n) is 1.75. The molecule has 0 radical (unpaired) electrons. The van der Waals surface area contributed by atoms with Crippen molar-refractivity contribution in [1.82, 2.24) is 20.2 Å². The Morgan fingerprint density at radius 3 is 2.72 bits per heavy atom. The summed E-state index contributed by atoms with van der Waals surface area (Å²) >= 11 is 1.71. The van der Waals surface area contributed by atoms with Gasteiger partial charge in [0.05, 0.1) is 18.4 Å². The fourth-order valence-corrected chi connectivity index (χ4v) is 2.56. The van der Waals surface area contributed by atoms with Gasteiger partial charge in [-0.2, -0.15) is 0 Å².